The zero-order valence-electron chi connectivity index (χ0n) is 8.48. The lowest BCUT2D eigenvalue weighted by atomic mass is 10.4. The van der Waals surface area contributed by atoms with Crippen LogP contribution in [0.15, 0.2) is 23.1 Å². The van der Waals surface area contributed by atoms with Gasteiger partial charge < -0.3 is 5.11 Å². The van der Waals surface area contributed by atoms with Crippen LogP contribution in [0.25, 0.3) is 0 Å². The Labute approximate surface area is 108 Å². The molecule has 0 unspecified atom stereocenters. The van der Waals surface area contributed by atoms with Gasteiger partial charge >= 0.3 is 5.97 Å². The highest BCUT2D eigenvalue weighted by molar-refractivity contribution is 7.89. The second-order valence-electron chi connectivity index (χ2n) is 3.12. The molecule has 0 fully saturated rings. The molecule has 0 saturated carbocycles. The molecule has 0 aromatic heterocycles. The van der Waals surface area contributed by atoms with Gasteiger partial charge in [-0.2, -0.15) is 0 Å². The van der Waals surface area contributed by atoms with Gasteiger partial charge in [0.05, 0.1) is 21.4 Å². The highest BCUT2D eigenvalue weighted by Crippen LogP contribution is 2.24. The van der Waals surface area contributed by atoms with E-state index in [9.17, 15) is 13.2 Å². The van der Waals surface area contributed by atoms with Gasteiger partial charge in [-0.15, -0.1) is 0 Å². The summed E-state index contributed by atoms with van der Waals surface area (Å²) in [5.74, 6) is -1.08. The minimum Gasteiger partial charge on any atom is -0.481 e. The molecule has 2 N–H and O–H groups in total. The predicted molar refractivity (Wildman–Crippen MR) is 63.9 cm³/mol. The number of aliphatic carboxylic acids is 1. The highest BCUT2D eigenvalue weighted by Gasteiger charge is 2.15. The van der Waals surface area contributed by atoms with Gasteiger partial charge in [0.2, 0.25) is 10.0 Å². The van der Waals surface area contributed by atoms with Gasteiger partial charge in [0, 0.05) is 6.54 Å². The normalized spacial score (nSPS) is 11.4. The number of carboxylic acid groups (broad SMARTS) is 1. The first-order chi connectivity index (χ1) is 7.83. The Hall–Kier alpha value is -0.820. The zero-order valence-corrected chi connectivity index (χ0v) is 10.8. The molecule has 94 valence electrons. The first-order valence-electron chi connectivity index (χ1n) is 4.49. The van der Waals surface area contributed by atoms with E-state index >= 15 is 0 Å². The van der Waals surface area contributed by atoms with E-state index in [1.165, 1.54) is 18.2 Å². The monoisotopic (exact) mass is 297 g/mol. The number of carboxylic acids is 1. The standard InChI is InChI=1S/C9H9Cl2NO4S/c10-7-2-1-6(5-8(7)11)17(15,16)12-4-3-9(13)14/h1-2,5,12H,3-4H2,(H,13,14). The minimum atomic E-state index is -3.75. The largest absolute Gasteiger partial charge is 0.481 e. The molecule has 0 atom stereocenters. The third kappa shape index (κ3) is 4.16. The number of benzene rings is 1. The predicted octanol–water partition coefficient (Wildman–Crippen LogP) is 1.75. The number of nitrogens with one attached hydrogen (secondary N) is 1. The topological polar surface area (TPSA) is 83.5 Å². The van der Waals surface area contributed by atoms with Crippen molar-refractivity contribution in [1.82, 2.24) is 4.72 Å². The molecule has 0 radical (unpaired) electrons. The SMILES string of the molecule is O=C(O)CCNS(=O)(=O)c1ccc(Cl)c(Cl)c1. The van der Waals surface area contributed by atoms with Gasteiger partial charge in [-0.25, -0.2) is 13.1 Å². The van der Waals surface area contributed by atoms with Crippen molar-refractivity contribution in [2.24, 2.45) is 0 Å². The van der Waals surface area contributed by atoms with Crippen LogP contribution in [-0.4, -0.2) is 26.0 Å². The average molecular weight is 298 g/mol. The number of hydrogen-bond donors (Lipinski definition) is 2. The Bertz CT molecular complexity index is 530. The summed E-state index contributed by atoms with van der Waals surface area (Å²) in [6, 6.07) is 3.85. The van der Waals surface area contributed by atoms with E-state index < -0.39 is 16.0 Å². The van der Waals surface area contributed by atoms with Crippen LogP contribution in [0.5, 0.6) is 0 Å². The smallest absolute Gasteiger partial charge is 0.304 e. The first-order valence-corrected chi connectivity index (χ1v) is 6.73. The Balaban J connectivity index is 2.82. The molecule has 0 amide bonds. The summed E-state index contributed by atoms with van der Waals surface area (Å²) in [4.78, 5) is 10.2. The van der Waals surface area contributed by atoms with Crippen molar-refractivity contribution in [1.29, 1.82) is 0 Å². The Morgan fingerprint density at radius 3 is 2.47 bits per heavy atom. The maximum absolute atomic E-state index is 11.7. The van der Waals surface area contributed by atoms with Crippen LogP contribution in [0.4, 0.5) is 0 Å². The lowest BCUT2D eigenvalue weighted by Crippen LogP contribution is -2.26. The molecule has 1 rings (SSSR count). The van der Waals surface area contributed by atoms with E-state index in [0.29, 0.717) is 0 Å². The van der Waals surface area contributed by atoms with E-state index in [-0.39, 0.29) is 27.9 Å². The number of sulfonamides is 1. The molecule has 5 nitrogen and oxygen atoms in total. The Morgan fingerprint density at radius 1 is 1.29 bits per heavy atom. The van der Waals surface area contributed by atoms with Crippen LogP contribution >= 0.6 is 23.2 Å². The third-order valence-corrected chi connectivity index (χ3v) is 4.03. The fourth-order valence-corrected chi connectivity index (χ4v) is 2.44. The van der Waals surface area contributed by atoms with Gasteiger partial charge in [-0.05, 0) is 18.2 Å². The van der Waals surface area contributed by atoms with Crippen molar-refractivity contribution >= 4 is 39.2 Å². The van der Waals surface area contributed by atoms with E-state index in [0.717, 1.165) is 0 Å². The van der Waals surface area contributed by atoms with Crippen LogP contribution in [0.1, 0.15) is 6.42 Å². The first kappa shape index (κ1) is 14.2. The van der Waals surface area contributed by atoms with Crippen molar-refractivity contribution in [3.63, 3.8) is 0 Å². The molecule has 0 saturated heterocycles. The van der Waals surface area contributed by atoms with Gasteiger partial charge in [-0.3, -0.25) is 4.79 Å². The molecular weight excluding hydrogens is 289 g/mol. The maximum atomic E-state index is 11.7. The summed E-state index contributed by atoms with van der Waals surface area (Å²) in [6.45, 7) is -0.183. The van der Waals surface area contributed by atoms with Crippen molar-refractivity contribution in [2.45, 2.75) is 11.3 Å². The average Bonchev–Trinajstić information content (AvgIpc) is 2.21. The molecule has 0 heterocycles. The Morgan fingerprint density at radius 2 is 1.94 bits per heavy atom. The fourth-order valence-electron chi connectivity index (χ4n) is 1.02. The molecule has 0 aliphatic heterocycles. The quantitative estimate of drug-likeness (QED) is 0.867. The van der Waals surface area contributed by atoms with E-state index in [4.69, 9.17) is 28.3 Å². The van der Waals surface area contributed by atoms with Crippen LogP contribution in [0.3, 0.4) is 0 Å². The summed E-state index contributed by atoms with van der Waals surface area (Å²) in [5.41, 5.74) is 0. The van der Waals surface area contributed by atoms with E-state index in [1.54, 1.807) is 0 Å². The number of carbonyl (C=O) groups is 1. The number of hydrogen-bond acceptors (Lipinski definition) is 3. The van der Waals surface area contributed by atoms with Gasteiger partial charge in [0.1, 0.15) is 0 Å². The summed E-state index contributed by atoms with van der Waals surface area (Å²) < 4.78 is 25.5. The Kier molecular flexibility index (Phi) is 4.76. The van der Waals surface area contributed by atoms with E-state index in [1.807, 2.05) is 0 Å². The summed E-state index contributed by atoms with van der Waals surface area (Å²) in [7, 11) is -3.75. The number of halogens is 2. The summed E-state index contributed by atoms with van der Waals surface area (Å²) in [5, 5.41) is 8.75. The molecular formula is C9H9Cl2NO4S. The highest BCUT2D eigenvalue weighted by atomic mass is 35.5. The molecule has 0 spiro atoms. The lowest BCUT2D eigenvalue weighted by molar-refractivity contribution is -0.136. The molecule has 1 aromatic rings. The van der Waals surface area contributed by atoms with Crippen LogP contribution in [0.2, 0.25) is 10.0 Å². The summed E-state index contributed by atoms with van der Waals surface area (Å²) in [6.07, 6.45) is -0.291. The molecule has 0 aliphatic rings. The van der Waals surface area contributed by atoms with Gasteiger partial charge in [0.25, 0.3) is 0 Å². The molecule has 17 heavy (non-hydrogen) atoms. The molecule has 1 aromatic carbocycles. The van der Waals surface area contributed by atoms with Crippen LogP contribution < -0.4 is 4.72 Å². The van der Waals surface area contributed by atoms with Gasteiger partial charge in [0.15, 0.2) is 0 Å². The molecule has 8 heteroatoms. The maximum Gasteiger partial charge on any atom is 0.304 e. The zero-order chi connectivity index (χ0) is 13.1. The second kappa shape index (κ2) is 5.68. The lowest BCUT2D eigenvalue weighted by Gasteiger charge is -2.06. The fraction of sp³-hybridized carbons (Fsp3) is 0.222. The summed E-state index contributed by atoms with van der Waals surface area (Å²) >= 11 is 11.3. The minimum absolute atomic E-state index is 0.0581. The van der Waals surface area contributed by atoms with E-state index in [2.05, 4.69) is 4.72 Å². The van der Waals surface area contributed by atoms with Crippen LogP contribution in [-0.2, 0) is 14.8 Å². The van der Waals surface area contributed by atoms with Crippen molar-refractivity contribution in [3.8, 4) is 0 Å². The van der Waals surface area contributed by atoms with Crippen molar-refractivity contribution < 1.29 is 18.3 Å². The van der Waals surface area contributed by atoms with Crippen LogP contribution in [0, 0.1) is 0 Å². The second-order valence-corrected chi connectivity index (χ2v) is 5.70. The van der Waals surface area contributed by atoms with Gasteiger partial charge in [-0.1, -0.05) is 23.2 Å². The number of rotatable bonds is 5. The third-order valence-electron chi connectivity index (χ3n) is 1.83. The van der Waals surface area contributed by atoms with Crippen molar-refractivity contribution in [3.05, 3.63) is 28.2 Å². The van der Waals surface area contributed by atoms with Crippen molar-refractivity contribution in [2.75, 3.05) is 6.54 Å². The molecule has 0 aliphatic carbocycles. The molecule has 0 bridgehead atoms.